The third-order valence-electron chi connectivity index (χ3n) is 2.75. The van der Waals surface area contributed by atoms with E-state index in [-0.39, 0.29) is 11.8 Å². The summed E-state index contributed by atoms with van der Waals surface area (Å²) in [5.74, 6) is -1.13. The van der Waals surface area contributed by atoms with Crippen molar-refractivity contribution in [2.75, 3.05) is 19.6 Å². The van der Waals surface area contributed by atoms with E-state index in [4.69, 9.17) is 5.11 Å². The first-order chi connectivity index (χ1) is 7.06. The van der Waals surface area contributed by atoms with Crippen molar-refractivity contribution in [3.05, 3.63) is 0 Å². The second-order valence-corrected chi connectivity index (χ2v) is 3.82. The van der Waals surface area contributed by atoms with E-state index in [1.54, 1.807) is 5.01 Å². The lowest BCUT2D eigenvalue weighted by molar-refractivity contribution is -0.157. The van der Waals surface area contributed by atoms with Crippen molar-refractivity contribution in [3.63, 3.8) is 0 Å². The van der Waals surface area contributed by atoms with Crippen molar-refractivity contribution >= 4 is 11.9 Å². The van der Waals surface area contributed by atoms with Gasteiger partial charge in [-0.25, -0.2) is 5.01 Å². The molecule has 1 aliphatic rings. The number of nitrogens with zero attached hydrogens (tertiary/aromatic N) is 2. The number of aliphatic carboxylic acids is 1. The average Bonchev–Trinajstić information content (AvgIpc) is 2.18. The third-order valence-corrected chi connectivity index (χ3v) is 2.75. The largest absolute Gasteiger partial charge is 0.481 e. The normalized spacial score (nSPS) is 22.4. The van der Waals surface area contributed by atoms with Crippen molar-refractivity contribution in [3.8, 4) is 0 Å². The van der Waals surface area contributed by atoms with Crippen LogP contribution < -0.4 is 0 Å². The van der Waals surface area contributed by atoms with E-state index in [1.165, 1.54) is 6.92 Å². The van der Waals surface area contributed by atoms with Gasteiger partial charge in [0.25, 0.3) is 0 Å². The van der Waals surface area contributed by atoms with Crippen LogP contribution in [-0.4, -0.2) is 46.6 Å². The Morgan fingerprint density at radius 1 is 1.53 bits per heavy atom. The Morgan fingerprint density at radius 3 is 2.67 bits per heavy atom. The van der Waals surface area contributed by atoms with E-state index < -0.39 is 5.97 Å². The van der Waals surface area contributed by atoms with Gasteiger partial charge in [-0.2, -0.15) is 0 Å². The predicted molar refractivity (Wildman–Crippen MR) is 55.0 cm³/mol. The molecule has 1 aliphatic heterocycles. The standard InChI is InChI=1S/C10H18N2O3/c1-3-12(8(2)13)11-6-4-5-9(7-11)10(14)15/h9H,3-7H2,1-2H3,(H,14,15). The quantitative estimate of drug-likeness (QED) is 0.746. The lowest BCUT2D eigenvalue weighted by Crippen LogP contribution is -2.51. The summed E-state index contributed by atoms with van der Waals surface area (Å²) in [6.07, 6.45) is 1.54. The lowest BCUT2D eigenvalue weighted by Gasteiger charge is -2.38. The van der Waals surface area contributed by atoms with E-state index in [2.05, 4.69) is 0 Å². The van der Waals surface area contributed by atoms with Crippen LogP contribution in [0.4, 0.5) is 0 Å². The fourth-order valence-corrected chi connectivity index (χ4v) is 2.00. The summed E-state index contributed by atoms with van der Waals surface area (Å²) in [7, 11) is 0. The first-order valence-electron chi connectivity index (χ1n) is 5.32. The van der Waals surface area contributed by atoms with Crippen molar-refractivity contribution in [2.45, 2.75) is 26.7 Å². The monoisotopic (exact) mass is 214 g/mol. The average molecular weight is 214 g/mol. The van der Waals surface area contributed by atoms with Gasteiger partial charge in [-0.3, -0.25) is 14.6 Å². The minimum atomic E-state index is -0.765. The highest BCUT2D eigenvalue weighted by Crippen LogP contribution is 2.18. The number of carbonyl (C=O) groups excluding carboxylic acids is 1. The van der Waals surface area contributed by atoms with Gasteiger partial charge in [-0.15, -0.1) is 0 Å². The molecule has 1 atom stereocenters. The molecule has 0 aliphatic carbocycles. The summed E-state index contributed by atoms with van der Waals surface area (Å²) in [4.78, 5) is 22.1. The van der Waals surface area contributed by atoms with E-state index in [1.807, 2.05) is 11.9 Å². The number of piperidine rings is 1. The number of amides is 1. The number of rotatable bonds is 3. The Labute approximate surface area is 89.6 Å². The highest BCUT2D eigenvalue weighted by molar-refractivity contribution is 5.73. The summed E-state index contributed by atoms with van der Waals surface area (Å²) in [5, 5.41) is 12.4. The Balaban J connectivity index is 2.62. The zero-order valence-electron chi connectivity index (χ0n) is 9.27. The topological polar surface area (TPSA) is 60.9 Å². The number of hydrogen-bond acceptors (Lipinski definition) is 3. The maximum Gasteiger partial charge on any atom is 0.307 e. The Kier molecular flexibility index (Phi) is 4.08. The molecule has 1 amide bonds. The fraction of sp³-hybridized carbons (Fsp3) is 0.800. The number of hydrazine groups is 1. The second-order valence-electron chi connectivity index (χ2n) is 3.82. The molecule has 5 heteroatoms. The fourth-order valence-electron chi connectivity index (χ4n) is 2.00. The molecule has 1 rings (SSSR count). The molecule has 15 heavy (non-hydrogen) atoms. The van der Waals surface area contributed by atoms with Crippen LogP contribution >= 0.6 is 0 Å². The molecule has 0 aromatic heterocycles. The highest BCUT2D eigenvalue weighted by Gasteiger charge is 2.28. The smallest absolute Gasteiger partial charge is 0.307 e. The second kappa shape index (κ2) is 5.11. The number of hydrogen-bond donors (Lipinski definition) is 1. The van der Waals surface area contributed by atoms with Crippen molar-refractivity contribution in [2.24, 2.45) is 5.92 Å². The number of carboxylic acid groups (broad SMARTS) is 1. The van der Waals surface area contributed by atoms with Crippen LogP contribution in [0.3, 0.4) is 0 Å². The van der Waals surface area contributed by atoms with Gasteiger partial charge in [0.15, 0.2) is 0 Å². The van der Waals surface area contributed by atoms with Gasteiger partial charge in [0.1, 0.15) is 0 Å². The molecule has 5 nitrogen and oxygen atoms in total. The van der Waals surface area contributed by atoms with Crippen molar-refractivity contribution in [1.29, 1.82) is 0 Å². The third kappa shape index (κ3) is 2.92. The van der Waals surface area contributed by atoms with Gasteiger partial charge >= 0.3 is 5.97 Å². The van der Waals surface area contributed by atoms with Crippen molar-refractivity contribution < 1.29 is 14.7 Å². The van der Waals surface area contributed by atoms with E-state index in [9.17, 15) is 9.59 Å². The van der Waals surface area contributed by atoms with Gasteiger partial charge in [-0.05, 0) is 19.8 Å². The van der Waals surface area contributed by atoms with Gasteiger partial charge in [0.05, 0.1) is 5.92 Å². The molecule has 0 bridgehead atoms. The minimum absolute atomic E-state index is 0.0245. The summed E-state index contributed by atoms with van der Waals surface area (Å²) in [6, 6.07) is 0. The van der Waals surface area contributed by atoms with E-state index in [0.29, 0.717) is 19.5 Å². The predicted octanol–water partition coefficient (Wildman–Crippen LogP) is 0.566. The molecule has 0 aromatic carbocycles. The van der Waals surface area contributed by atoms with E-state index >= 15 is 0 Å². The molecule has 86 valence electrons. The summed E-state index contributed by atoms with van der Waals surface area (Å²) >= 11 is 0. The van der Waals surface area contributed by atoms with Gasteiger partial charge in [0.2, 0.25) is 5.91 Å². The molecular formula is C10H18N2O3. The first kappa shape index (κ1) is 12.0. The van der Waals surface area contributed by atoms with Crippen molar-refractivity contribution in [1.82, 2.24) is 10.0 Å². The SMILES string of the molecule is CCN(C(C)=O)N1CCCC(C(=O)O)C1. The van der Waals surface area contributed by atoms with Crippen LogP contribution in [0.5, 0.6) is 0 Å². The molecule has 0 saturated carbocycles. The molecule has 0 spiro atoms. The number of carbonyl (C=O) groups is 2. The van der Waals surface area contributed by atoms with Crippen LogP contribution in [0.2, 0.25) is 0 Å². The highest BCUT2D eigenvalue weighted by atomic mass is 16.4. The van der Waals surface area contributed by atoms with Gasteiger partial charge < -0.3 is 5.11 Å². The Bertz CT molecular complexity index is 255. The molecular weight excluding hydrogens is 196 g/mol. The molecule has 0 aromatic rings. The van der Waals surface area contributed by atoms with Gasteiger partial charge in [0, 0.05) is 26.6 Å². The summed E-state index contributed by atoms with van der Waals surface area (Å²) in [6.45, 7) is 5.22. The molecule has 1 heterocycles. The molecule has 1 N–H and O–H groups in total. The number of carboxylic acids is 1. The molecule has 1 fully saturated rings. The Morgan fingerprint density at radius 2 is 2.20 bits per heavy atom. The molecule has 1 unspecified atom stereocenters. The van der Waals surface area contributed by atoms with Crippen LogP contribution in [0.15, 0.2) is 0 Å². The first-order valence-corrected chi connectivity index (χ1v) is 5.32. The maximum absolute atomic E-state index is 11.3. The van der Waals surface area contributed by atoms with Crippen LogP contribution in [0.1, 0.15) is 26.7 Å². The maximum atomic E-state index is 11.3. The van der Waals surface area contributed by atoms with E-state index in [0.717, 1.165) is 13.0 Å². The molecule has 1 saturated heterocycles. The Hall–Kier alpha value is -1.10. The van der Waals surface area contributed by atoms with Crippen LogP contribution in [0, 0.1) is 5.92 Å². The zero-order valence-corrected chi connectivity index (χ0v) is 9.27. The minimum Gasteiger partial charge on any atom is -0.481 e. The summed E-state index contributed by atoms with van der Waals surface area (Å²) in [5.41, 5.74) is 0. The molecule has 0 radical (unpaired) electrons. The van der Waals surface area contributed by atoms with Crippen LogP contribution in [0.25, 0.3) is 0 Å². The zero-order chi connectivity index (χ0) is 11.4. The van der Waals surface area contributed by atoms with Crippen LogP contribution in [-0.2, 0) is 9.59 Å². The summed E-state index contributed by atoms with van der Waals surface area (Å²) < 4.78 is 0. The lowest BCUT2D eigenvalue weighted by atomic mass is 9.99. The van der Waals surface area contributed by atoms with Gasteiger partial charge in [-0.1, -0.05) is 0 Å².